The monoisotopic (exact) mass is 558 g/mol. The van der Waals surface area contributed by atoms with Gasteiger partial charge in [0.1, 0.15) is 5.82 Å². The standard InChI is InChI=1S/C25H22Cl2N2O3.C2H2O4/c1-16-8-11-22(23(14-16)31-2)32-13-5-12-29-24(18-10-9-17(26)15-20(18)27)28-21-7-4-3-6-19(21)25(29)30;3-1(4)2(5)6/h3-4,6-11,14-15H,5,12-13H2,1-2H3;(H,3,4)(H,5,6). The number of benzene rings is 3. The highest BCUT2D eigenvalue weighted by Crippen LogP contribution is 2.30. The minimum atomic E-state index is -1.82. The number of aromatic nitrogens is 2. The summed E-state index contributed by atoms with van der Waals surface area (Å²) in [4.78, 5) is 36.2. The van der Waals surface area contributed by atoms with Gasteiger partial charge in [-0.2, -0.15) is 0 Å². The molecule has 0 fully saturated rings. The lowest BCUT2D eigenvalue weighted by molar-refractivity contribution is -0.159. The van der Waals surface area contributed by atoms with Crippen molar-refractivity contribution < 1.29 is 29.3 Å². The van der Waals surface area contributed by atoms with Crippen molar-refractivity contribution in [2.24, 2.45) is 0 Å². The van der Waals surface area contributed by atoms with Crippen LogP contribution in [0.15, 0.2) is 65.5 Å². The fourth-order valence-corrected chi connectivity index (χ4v) is 4.04. The molecule has 3 aromatic carbocycles. The molecule has 4 aromatic rings. The molecule has 0 unspecified atom stereocenters. The third-order valence-corrected chi connectivity index (χ3v) is 5.87. The highest BCUT2D eigenvalue weighted by molar-refractivity contribution is 6.36. The number of rotatable bonds is 7. The zero-order valence-electron chi connectivity index (χ0n) is 20.5. The van der Waals surface area contributed by atoms with Crippen LogP contribution in [0.3, 0.4) is 0 Å². The summed E-state index contributed by atoms with van der Waals surface area (Å²) >= 11 is 12.5. The first kappa shape index (κ1) is 28.5. The third kappa shape index (κ3) is 7.02. The van der Waals surface area contributed by atoms with Crippen LogP contribution in [0.5, 0.6) is 11.5 Å². The van der Waals surface area contributed by atoms with Crippen molar-refractivity contribution >= 4 is 46.0 Å². The Hall–Kier alpha value is -4.08. The summed E-state index contributed by atoms with van der Waals surface area (Å²) in [6.45, 7) is 2.82. The number of hydrogen-bond donors (Lipinski definition) is 2. The highest BCUT2D eigenvalue weighted by Gasteiger charge is 2.15. The number of ether oxygens (including phenoxy) is 2. The fourth-order valence-electron chi connectivity index (χ4n) is 3.55. The Morgan fingerprint density at radius 2 is 1.68 bits per heavy atom. The van der Waals surface area contributed by atoms with E-state index in [4.69, 9.17) is 57.5 Å². The molecule has 38 heavy (non-hydrogen) atoms. The number of fused-ring (bicyclic) bond motifs is 1. The van der Waals surface area contributed by atoms with Gasteiger partial charge in [-0.15, -0.1) is 0 Å². The van der Waals surface area contributed by atoms with Crippen LogP contribution in [-0.2, 0) is 16.1 Å². The van der Waals surface area contributed by atoms with E-state index >= 15 is 0 Å². The van der Waals surface area contributed by atoms with Crippen LogP contribution in [0.4, 0.5) is 0 Å². The number of aliphatic carboxylic acids is 2. The fraction of sp³-hybridized carbons (Fsp3) is 0.185. The molecule has 0 aliphatic rings. The van der Waals surface area contributed by atoms with Crippen molar-refractivity contribution in [2.45, 2.75) is 19.9 Å². The summed E-state index contributed by atoms with van der Waals surface area (Å²) in [5.74, 6) is -1.79. The summed E-state index contributed by atoms with van der Waals surface area (Å²) in [6, 6.07) is 18.2. The lowest BCUT2D eigenvalue weighted by Crippen LogP contribution is -2.24. The molecule has 0 spiro atoms. The van der Waals surface area contributed by atoms with Crippen LogP contribution in [0.2, 0.25) is 10.0 Å². The van der Waals surface area contributed by atoms with Crippen LogP contribution in [0.1, 0.15) is 12.0 Å². The summed E-state index contributed by atoms with van der Waals surface area (Å²) in [6.07, 6.45) is 0.592. The van der Waals surface area contributed by atoms with Crippen LogP contribution in [-0.4, -0.2) is 45.4 Å². The van der Waals surface area contributed by atoms with Crippen molar-refractivity contribution in [1.29, 1.82) is 0 Å². The van der Waals surface area contributed by atoms with E-state index in [2.05, 4.69) is 0 Å². The van der Waals surface area contributed by atoms with Gasteiger partial charge in [0.25, 0.3) is 5.56 Å². The average Bonchev–Trinajstić information content (AvgIpc) is 2.88. The van der Waals surface area contributed by atoms with E-state index in [-0.39, 0.29) is 5.56 Å². The second kappa shape index (κ2) is 12.9. The highest BCUT2D eigenvalue weighted by atomic mass is 35.5. The van der Waals surface area contributed by atoms with Gasteiger partial charge >= 0.3 is 11.9 Å². The van der Waals surface area contributed by atoms with E-state index in [1.807, 2.05) is 43.3 Å². The number of carbonyl (C=O) groups is 2. The van der Waals surface area contributed by atoms with Crippen molar-refractivity contribution in [3.05, 3.63) is 86.6 Å². The SMILES string of the molecule is COc1cc(C)ccc1OCCCn1c(-c2ccc(Cl)cc2Cl)nc2ccccc2c1=O.O=C(O)C(=O)O. The van der Waals surface area contributed by atoms with Gasteiger partial charge in [0.2, 0.25) is 0 Å². The van der Waals surface area contributed by atoms with Gasteiger partial charge in [-0.25, -0.2) is 14.6 Å². The molecule has 9 nitrogen and oxygen atoms in total. The molecule has 0 aliphatic carbocycles. The maximum absolute atomic E-state index is 13.3. The van der Waals surface area contributed by atoms with Crippen molar-refractivity contribution in [3.8, 4) is 22.9 Å². The molecule has 0 saturated heterocycles. The Morgan fingerprint density at radius 1 is 0.974 bits per heavy atom. The zero-order valence-corrected chi connectivity index (χ0v) is 22.0. The number of halogens is 2. The molecule has 1 heterocycles. The summed E-state index contributed by atoms with van der Waals surface area (Å²) in [5, 5.41) is 16.3. The summed E-state index contributed by atoms with van der Waals surface area (Å²) in [7, 11) is 1.62. The summed E-state index contributed by atoms with van der Waals surface area (Å²) in [5.41, 5.74) is 2.24. The first-order valence-corrected chi connectivity index (χ1v) is 12.1. The molecule has 4 rings (SSSR count). The van der Waals surface area contributed by atoms with Crippen LogP contribution >= 0.6 is 23.2 Å². The maximum Gasteiger partial charge on any atom is 0.414 e. The smallest absolute Gasteiger partial charge is 0.414 e. The Bertz CT molecular complexity index is 1520. The second-order valence-corrected chi connectivity index (χ2v) is 8.84. The quantitative estimate of drug-likeness (QED) is 0.230. The number of methoxy groups -OCH3 is 1. The molecule has 0 atom stereocenters. The van der Waals surface area contributed by atoms with Gasteiger partial charge in [0.15, 0.2) is 11.5 Å². The van der Waals surface area contributed by atoms with Gasteiger partial charge < -0.3 is 19.7 Å². The molecular weight excluding hydrogens is 535 g/mol. The van der Waals surface area contributed by atoms with Gasteiger partial charge in [-0.3, -0.25) is 9.36 Å². The molecule has 198 valence electrons. The topological polar surface area (TPSA) is 128 Å². The van der Waals surface area contributed by atoms with E-state index in [1.54, 1.807) is 35.9 Å². The summed E-state index contributed by atoms with van der Waals surface area (Å²) < 4.78 is 13.0. The number of hydrogen-bond acceptors (Lipinski definition) is 6. The molecular formula is C27H24Cl2N2O7. The Morgan fingerprint density at radius 3 is 2.34 bits per heavy atom. The molecule has 0 saturated carbocycles. The van der Waals surface area contributed by atoms with E-state index in [9.17, 15) is 4.79 Å². The zero-order chi connectivity index (χ0) is 27.8. The Kier molecular flexibility index (Phi) is 9.70. The molecule has 0 aliphatic heterocycles. The molecule has 1 aromatic heterocycles. The Balaban J connectivity index is 0.000000599. The number of carboxylic acids is 2. The first-order chi connectivity index (χ1) is 18.1. The van der Waals surface area contributed by atoms with Crippen LogP contribution in [0, 0.1) is 6.92 Å². The maximum atomic E-state index is 13.3. The second-order valence-electron chi connectivity index (χ2n) is 8.00. The van der Waals surface area contributed by atoms with Gasteiger partial charge in [-0.1, -0.05) is 41.4 Å². The van der Waals surface area contributed by atoms with Crippen LogP contribution < -0.4 is 15.0 Å². The number of aryl methyl sites for hydroxylation is 1. The first-order valence-electron chi connectivity index (χ1n) is 11.3. The average molecular weight is 559 g/mol. The number of nitrogens with zero attached hydrogens (tertiary/aromatic N) is 2. The predicted molar refractivity (Wildman–Crippen MR) is 145 cm³/mol. The van der Waals surface area contributed by atoms with Crippen LogP contribution in [0.25, 0.3) is 22.3 Å². The number of para-hydroxylation sites is 1. The molecule has 0 radical (unpaired) electrons. The normalized spacial score (nSPS) is 10.4. The molecule has 2 N–H and O–H groups in total. The largest absolute Gasteiger partial charge is 0.493 e. The van der Waals surface area contributed by atoms with Crippen molar-refractivity contribution in [3.63, 3.8) is 0 Å². The third-order valence-electron chi connectivity index (χ3n) is 5.32. The van der Waals surface area contributed by atoms with Crippen molar-refractivity contribution in [1.82, 2.24) is 9.55 Å². The lowest BCUT2D eigenvalue weighted by atomic mass is 10.1. The van der Waals surface area contributed by atoms with E-state index in [0.29, 0.717) is 63.4 Å². The van der Waals surface area contributed by atoms with Crippen molar-refractivity contribution in [2.75, 3.05) is 13.7 Å². The molecule has 0 bridgehead atoms. The van der Waals surface area contributed by atoms with Gasteiger partial charge in [-0.05, 0) is 61.4 Å². The van der Waals surface area contributed by atoms with E-state index in [0.717, 1.165) is 5.56 Å². The minimum absolute atomic E-state index is 0.121. The van der Waals surface area contributed by atoms with Gasteiger partial charge in [0, 0.05) is 17.1 Å². The lowest BCUT2D eigenvalue weighted by Gasteiger charge is -2.16. The molecule has 11 heteroatoms. The van der Waals surface area contributed by atoms with Gasteiger partial charge in [0.05, 0.1) is 29.6 Å². The predicted octanol–water partition coefficient (Wildman–Crippen LogP) is 5.31. The van der Waals surface area contributed by atoms with E-state index in [1.165, 1.54) is 0 Å². The molecule has 0 amide bonds. The number of carboxylic acid groups (broad SMARTS) is 2. The minimum Gasteiger partial charge on any atom is -0.493 e. The van der Waals surface area contributed by atoms with E-state index < -0.39 is 11.9 Å². The Labute approximate surface area is 227 Å².